The van der Waals surface area contributed by atoms with Gasteiger partial charge < -0.3 is 20.5 Å². The van der Waals surface area contributed by atoms with Gasteiger partial charge in [0, 0.05) is 32.7 Å². The Bertz CT molecular complexity index is 822. The first kappa shape index (κ1) is 20.1. The van der Waals surface area contributed by atoms with Crippen molar-refractivity contribution in [2.24, 2.45) is 5.73 Å². The van der Waals surface area contributed by atoms with Gasteiger partial charge in [-0.2, -0.15) is 0 Å². The molecule has 1 amide bonds. The second kappa shape index (κ2) is 9.03. The highest BCUT2D eigenvalue weighted by atomic mass is 19.1. The number of amides is 1. The van der Waals surface area contributed by atoms with Crippen LogP contribution in [0.3, 0.4) is 0 Å². The number of halogens is 1. The molecule has 150 valence electrons. The molecule has 6 nitrogen and oxygen atoms in total. The minimum atomic E-state index is -0.756. The van der Waals surface area contributed by atoms with E-state index in [0.717, 1.165) is 0 Å². The molecule has 1 heterocycles. The fourth-order valence-electron chi connectivity index (χ4n) is 3.46. The lowest BCUT2D eigenvalue weighted by atomic mass is 10.0. The number of para-hydroxylation sites is 1. The maximum absolute atomic E-state index is 14.0. The molecule has 1 unspecified atom stereocenters. The first-order valence-electron chi connectivity index (χ1n) is 9.46. The van der Waals surface area contributed by atoms with Gasteiger partial charge in [-0.15, -0.1) is 0 Å². The number of piperazine rings is 1. The first-order chi connectivity index (χ1) is 13.5. The summed E-state index contributed by atoms with van der Waals surface area (Å²) in [5.41, 5.74) is 6.93. The van der Waals surface area contributed by atoms with Gasteiger partial charge in [0.1, 0.15) is 11.6 Å². The van der Waals surface area contributed by atoms with E-state index in [9.17, 15) is 14.3 Å². The zero-order chi connectivity index (χ0) is 20.1. The van der Waals surface area contributed by atoms with Crippen LogP contribution in [0.2, 0.25) is 0 Å². The van der Waals surface area contributed by atoms with Gasteiger partial charge in [-0.05, 0) is 36.8 Å². The Labute approximate surface area is 164 Å². The maximum Gasteiger partial charge on any atom is 0.252 e. The summed E-state index contributed by atoms with van der Waals surface area (Å²) in [4.78, 5) is 15.8. The van der Waals surface area contributed by atoms with Crippen molar-refractivity contribution in [2.75, 3.05) is 44.2 Å². The SMILES string of the molecule is CCOc1ccc(C(O)CN2CCN(c3ccccc3F)CC2)cc1C(N)=O. The van der Waals surface area contributed by atoms with Crippen molar-refractivity contribution in [3.8, 4) is 5.75 Å². The van der Waals surface area contributed by atoms with Gasteiger partial charge in [-0.3, -0.25) is 9.69 Å². The molecule has 0 aromatic heterocycles. The molecular weight excluding hydrogens is 361 g/mol. The lowest BCUT2D eigenvalue weighted by molar-refractivity contribution is 0.0994. The highest BCUT2D eigenvalue weighted by molar-refractivity contribution is 5.95. The Kier molecular flexibility index (Phi) is 6.49. The summed E-state index contributed by atoms with van der Waals surface area (Å²) in [6.07, 6.45) is -0.756. The molecule has 1 fully saturated rings. The topological polar surface area (TPSA) is 79.0 Å². The molecular formula is C21H26FN3O3. The van der Waals surface area contributed by atoms with Crippen LogP contribution in [0.1, 0.15) is 28.9 Å². The molecule has 0 radical (unpaired) electrons. The van der Waals surface area contributed by atoms with Crippen LogP contribution in [0.25, 0.3) is 0 Å². The third kappa shape index (κ3) is 4.61. The Hall–Kier alpha value is -2.64. The lowest BCUT2D eigenvalue weighted by Gasteiger charge is -2.37. The molecule has 0 spiro atoms. The van der Waals surface area contributed by atoms with Crippen molar-refractivity contribution in [3.63, 3.8) is 0 Å². The van der Waals surface area contributed by atoms with Gasteiger partial charge in [-0.1, -0.05) is 18.2 Å². The monoisotopic (exact) mass is 387 g/mol. The van der Waals surface area contributed by atoms with Crippen LogP contribution in [0.5, 0.6) is 5.75 Å². The van der Waals surface area contributed by atoms with E-state index in [4.69, 9.17) is 10.5 Å². The summed E-state index contributed by atoms with van der Waals surface area (Å²) in [6.45, 7) is 5.48. The zero-order valence-electron chi connectivity index (χ0n) is 16.0. The van der Waals surface area contributed by atoms with E-state index >= 15 is 0 Å². The van der Waals surface area contributed by atoms with Crippen LogP contribution < -0.4 is 15.4 Å². The second-order valence-corrected chi connectivity index (χ2v) is 6.81. The molecule has 1 aliphatic rings. The number of aliphatic hydroxyl groups excluding tert-OH is 1. The molecule has 7 heteroatoms. The van der Waals surface area contributed by atoms with Crippen LogP contribution >= 0.6 is 0 Å². The molecule has 1 aliphatic heterocycles. The minimum absolute atomic E-state index is 0.218. The third-order valence-corrected chi connectivity index (χ3v) is 4.95. The van der Waals surface area contributed by atoms with E-state index in [-0.39, 0.29) is 11.4 Å². The van der Waals surface area contributed by atoms with E-state index < -0.39 is 12.0 Å². The van der Waals surface area contributed by atoms with Crippen molar-refractivity contribution in [1.82, 2.24) is 4.90 Å². The van der Waals surface area contributed by atoms with Crippen LogP contribution in [0.15, 0.2) is 42.5 Å². The highest BCUT2D eigenvalue weighted by Gasteiger charge is 2.22. The first-order valence-corrected chi connectivity index (χ1v) is 9.46. The predicted octanol–water partition coefficient (Wildman–Crippen LogP) is 2.18. The number of hydrogen-bond acceptors (Lipinski definition) is 5. The third-order valence-electron chi connectivity index (χ3n) is 4.95. The molecule has 2 aromatic rings. The number of hydrogen-bond donors (Lipinski definition) is 2. The summed E-state index contributed by atoms with van der Waals surface area (Å²) in [5, 5.41) is 10.6. The second-order valence-electron chi connectivity index (χ2n) is 6.81. The quantitative estimate of drug-likeness (QED) is 0.761. The van der Waals surface area contributed by atoms with Gasteiger partial charge in [-0.25, -0.2) is 4.39 Å². The van der Waals surface area contributed by atoms with Crippen LogP contribution in [-0.2, 0) is 0 Å². The summed E-state index contributed by atoms with van der Waals surface area (Å²) >= 11 is 0. The standard InChI is InChI=1S/C21H26FN3O3/c1-2-28-20-8-7-15(13-16(20)21(23)27)19(26)14-24-9-11-25(12-10-24)18-6-4-3-5-17(18)22/h3-8,13,19,26H,2,9-12,14H2,1H3,(H2,23,27). The van der Waals surface area contributed by atoms with Gasteiger partial charge >= 0.3 is 0 Å². The van der Waals surface area contributed by atoms with E-state index in [2.05, 4.69) is 4.90 Å². The van der Waals surface area contributed by atoms with Crippen molar-refractivity contribution in [1.29, 1.82) is 0 Å². The van der Waals surface area contributed by atoms with E-state index in [1.165, 1.54) is 6.07 Å². The lowest BCUT2D eigenvalue weighted by Crippen LogP contribution is -2.47. The minimum Gasteiger partial charge on any atom is -0.493 e. The number of benzene rings is 2. The number of nitrogens with two attached hydrogens (primary N) is 1. The molecule has 0 aliphatic carbocycles. The molecule has 2 aromatic carbocycles. The number of primary amides is 1. The maximum atomic E-state index is 14.0. The highest BCUT2D eigenvalue weighted by Crippen LogP contribution is 2.25. The fourth-order valence-corrected chi connectivity index (χ4v) is 3.46. The molecule has 0 bridgehead atoms. The number of nitrogens with zero attached hydrogens (tertiary/aromatic N) is 2. The fraction of sp³-hybridized carbons (Fsp3) is 0.381. The van der Waals surface area contributed by atoms with Crippen molar-refractivity contribution in [3.05, 3.63) is 59.4 Å². The number of carbonyl (C=O) groups excluding carboxylic acids is 1. The van der Waals surface area contributed by atoms with Crippen LogP contribution in [0, 0.1) is 5.82 Å². The molecule has 3 rings (SSSR count). The van der Waals surface area contributed by atoms with E-state index in [1.807, 2.05) is 17.9 Å². The van der Waals surface area contributed by atoms with Crippen molar-refractivity contribution >= 4 is 11.6 Å². The number of carbonyl (C=O) groups is 1. The van der Waals surface area contributed by atoms with Crippen LogP contribution in [-0.4, -0.2) is 55.2 Å². The Morgan fingerprint density at radius 2 is 1.93 bits per heavy atom. The van der Waals surface area contributed by atoms with Gasteiger partial charge in [0.2, 0.25) is 0 Å². The normalized spacial score (nSPS) is 16.0. The number of β-amino-alcohol motifs (C(OH)–C–C–N with tert-alkyl or cyclic N) is 1. The molecule has 28 heavy (non-hydrogen) atoms. The molecule has 0 saturated carbocycles. The number of anilines is 1. The summed E-state index contributed by atoms with van der Waals surface area (Å²) < 4.78 is 19.4. The average molecular weight is 387 g/mol. The summed E-state index contributed by atoms with van der Waals surface area (Å²) in [6, 6.07) is 11.8. The Morgan fingerprint density at radius 1 is 1.21 bits per heavy atom. The summed E-state index contributed by atoms with van der Waals surface area (Å²) in [7, 11) is 0. The van der Waals surface area contributed by atoms with Gasteiger partial charge in [0.15, 0.2) is 0 Å². The average Bonchev–Trinajstić information content (AvgIpc) is 2.69. The van der Waals surface area contributed by atoms with Crippen molar-refractivity contribution < 1.29 is 19.0 Å². The van der Waals surface area contributed by atoms with Gasteiger partial charge in [0.25, 0.3) is 5.91 Å². The molecule has 3 N–H and O–H groups in total. The summed E-state index contributed by atoms with van der Waals surface area (Å²) in [5.74, 6) is -0.384. The largest absolute Gasteiger partial charge is 0.493 e. The Morgan fingerprint density at radius 3 is 2.57 bits per heavy atom. The van der Waals surface area contributed by atoms with E-state index in [1.54, 1.807) is 30.3 Å². The predicted molar refractivity (Wildman–Crippen MR) is 106 cm³/mol. The van der Waals surface area contributed by atoms with Gasteiger partial charge in [0.05, 0.1) is 24.0 Å². The molecule has 1 saturated heterocycles. The number of rotatable bonds is 7. The number of ether oxygens (including phenoxy) is 1. The van der Waals surface area contributed by atoms with Crippen LogP contribution in [0.4, 0.5) is 10.1 Å². The zero-order valence-corrected chi connectivity index (χ0v) is 16.0. The van der Waals surface area contributed by atoms with E-state index in [0.29, 0.717) is 56.3 Å². The Balaban J connectivity index is 1.61. The van der Waals surface area contributed by atoms with Crippen molar-refractivity contribution in [2.45, 2.75) is 13.0 Å². The molecule has 1 atom stereocenters. The number of aliphatic hydroxyl groups is 1. The smallest absolute Gasteiger partial charge is 0.252 e.